The maximum Gasteiger partial charge on any atom is 0.223 e. The van der Waals surface area contributed by atoms with Crippen molar-refractivity contribution in [3.8, 4) is 0 Å². The molecule has 0 bridgehead atoms. The molecule has 0 unspecified atom stereocenters. The standard InChI is InChI=1S/C11H15N7/c1-18(7-8-4-2-3-5-14-8)10-6-9(17-13)15-11(12)16-10/h2-6H,7,13H2,1H3,(H3,12,15,16,17). The van der Waals surface area contributed by atoms with E-state index in [1.165, 1.54) is 0 Å². The summed E-state index contributed by atoms with van der Waals surface area (Å²) in [6.45, 7) is 0.626. The van der Waals surface area contributed by atoms with Crippen LogP contribution in [0.1, 0.15) is 5.69 Å². The number of anilines is 3. The average molecular weight is 245 g/mol. The van der Waals surface area contributed by atoms with Gasteiger partial charge < -0.3 is 16.1 Å². The van der Waals surface area contributed by atoms with Gasteiger partial charge in [-0.1, -0.05) is 6.07 Å². The smallest absolute Gasteiger partial charge is 0.223 e. The summed E-state index contributed by atoms with van der Waals surface area (Å²) in [5.41, 5.74) is 9.00. The highest BCUT2D eigenvalue weighted by atomic mass is 15.3. The molecule has 0 amide bonds. The summed E-state index contributed by atoms with van der Waals surface area (Å²) in [6.07, 6.45) is 1.75. The summed E-state index contributed by atoms with van der Waals surface area (Å²) in [6, 6.07) is 7.49. The third-order valence-corrected chi connectivity index (χ3v) is 2.39. The van der Waals surface area contributed by atoms with Crippen molar-refractivity contribution in [2.24, 2.45) is 5.84 Å². The molecule has 94 valence electrons. The molecule has 2 aromatic rings. The predicted molar refractivity (Wildman–Crippen MR) is 70.6 cm³/mol. The van der Waals surface area contributed by atoms with Crippen LogP contribution in [-0.2, 0) is 6.54 Å². The van der Waals surface area contributed by atoms with Gasteiger partial charge in [0.25, 0.3) is 0 Å². The van der Waals surface area contributed by atoms with Gasteiger partial charge in [-0.2, -0.15) is 9.97 Å². The predicted octanol–water partition coefficient (Wildman–Crippen LogP) is 0.376. The Hall–Kier alpha value is -2.41. The molecule has 18 heavy (non-hydrogen) atoms. The Morgan fingerprint density at radius 1 is 1.33 bits per heavy atom. The topological polar surface area (TPSA) is 106 Å². The largest absolute Gasteiger partial charge is 0.368 e. The Morgan fingerprint density at radius 3 is 2.83 bits per heavy atom. The van der Waals surface area contributed by atoms with Crippen LogP contribution in [0.4, 0.5) is 17.6 Å². The fourth-order valence-corrected chi connectivity index (χ4v) is 1.54. The van der Waals surface area contributed by atoms with E-state index in [-0.39, 0.29) is 5.95 Å². The molecule has 7 nitrogen and oxygen atoms in total. The van der Waals surface area contributed by atoms with Crippen molar-refractivity contribution in [2.75, 3.05) is 23.1 Å². The van der Waals surface area contributed by atoms with Crippen molar-refractivity contribution in [3.05, 3.63) is 36.2 Å². The summed E-state index contributed by atoms with van der Waals surface area (Å²) < 4.78 is 0. The zero-order chi connectivity index (χ0) is 13.0. The van der Waals surface area contributed by atoms with Crippen LogP contribution < -0.4 is 21.9 Å². The third kappa shape index (κ3) is 2.83. The zero-order valence-corrected chi connectivity index (χ0v) is 10.0. The van der Waals surface area contributed by atoms with Crippen LogP contribution in [0.2, 0.25) is 0 Å². The highest BCUT2D eigenvalue weighted by Gasteiger charge is 2.07. The molecule has 0 aliphatic heterocycles. The lowest BCUT2D eigenvalue weighted by Gasteiger charge is -2.18. The molecular formula is C11H15N7. The molecule has 5 N–H and O–H groups in total. The van der Waals surface area contributed by atoms with Crippen molar-refractivity contribution in [3.63, 3.8) is 0 Å². The van der Waals surface area contributed by atoms with E-state index in [0.717, 1.165) is 5.69 Å². The maximum absolute atomic E-state index is 5.61. The summed E-state index contributed by atoms with van der Waals surface area (Å²) >= 11 is 0. The zero-order valence-electron chi connectivity index (χ0n) is 10.0. The molecule has 2 aromatic heterocycles. The van der Waals surface area contributed by atoms with Crippen molar-refractivity contribution < 1.29 is 0 Å². The van der Waals surface area contributed by atoms with Gasteiger partial charge in [0.1, 0.15) is 11.6 Å². The van der Waals surface area contributed by atoms with E-state index in [1.807, 2.05) is 30.1 Å². The number of nitrogen functional groups attached to an aromatic ring is 2. The van der Waals surface area contributed by atoms with Crippen LogP contribution in [-0.4, -0.2) is 22.0 Å². The lowest BCUT2D eigenvalue weighted by Crippen LogP contribution is -2.20. The number of hydrazine groups is 1. The van der Waals surface area contributed by atoms with Gasteiger partial charge in [-0.05, 0) is 12.1 Å². The first-order valence-electron chi connectivity index (χ1n) is 5.41. The Balaban J connectivity index is 2.18. The van der Waals surface area contributed by atoms with E-state index in [2.05, 4.69) is 20.4 Å². The fraction of sp³-hybridized carbons (Fsp3) is 0.182. The minimum Gasteiger partial charge on any atom is -0.368 e. The van der Waals surface area contributed by atoms with E-state index in [1.54, 1.807) is 12.3 Å². The lowest BCUT2D eigenvalue weighted by molar-refractivity contribution is 0.863. The summed E-state index contributed by atoms with van der Waals surface area (Å²) in [5, 5.41) is 0. The van der Waals surface area contributed by atoms with Crippen molar-refractivity contribution in [1.29, 1.82) is 0 Å². The first kappa shape index (κ1) is 12.1. The molecule has 0 atom stereocenters. The Bertz CT molecular complexity index is 514. The molecule has 7 heteroatoms. The molecular weight excluding hydrogens is 230 g/mol. The highest BCUT2D eigenvalue weighted by Crippen LogP contribution is 2.16. The van der Waals surface area contributed by atoms with Gasteiger partial charge in [0.2, 0.25) is 5.95 Å². The van der Waals surface area contributed by atoms with Gasteiger partial charge in [0, 0.05) is 19.3 Å². The van der Waals surface area contributed by atoms with Crippen molar-refractivity contribution in [1.82, 2.24) is 15.0 Å². The number of nitrogens with two attached hydrogens (primary N) is 2. The summed E-state index contributed by atoms with van der Waals surface area (Å²) in [7, 11) is 1.90. The number of nitrogens with one attached hydrogen (secondary N) is 1. The Labute approximate surface area is 105 Å². The molecule has 0 spiro atoms. The van der Waals surface area contributed by atoms with Gasteiger partial charge in [-0.15, -0.1) is 0 Å². The number of hydrogen-bond acceptors (Lipinski definition) is 7. The SMILES string of the molecule is CN(Cc1ccccn1)c1cc(NN)nc(N)n1. The van der Waals surface area contributed by atoms with Crippen LogP contribution in [0, 0.1) is 0 Å². The van der Waals surface area contributed by atoms with E-state index in [9.17, 15) is 0 Å². The van der Waals surface area contributed by atoms with Crippen LogP contribution in [0.5, 0.6) is 0 Å². The monoisotopic (exact) mass is 245 g/mol. The highest BCUT2D eigenvalue weighted by molar-refractivity contribution is 5.51. The van der Waals surface area contributed by atoms with Crippen LogP contribution in [0.3, 0.4) is 0 Å². The molecule has 2 rings (SSSR count). The second-order valence-corrected chi connectivity index (χ2v) is 3.79. The maximum atomic E-state index is 5.61. The van der Waals surface area contributed by atoms with Gasteiger partial charge in [0.05, 0.1) is 12.2 Å². The molecule has 0 aliphatic carbocycles. The fourth-order valence-electron chi connectivity index (χ4n) is 1.54. The molecule has 0 saturated heterocycles. The number of aromatic nitrogens is 3. The summed E-state index contributed by atoms with van der Waals surface area (Å²) in [5.74, 6) is 6.65. The van der Waals surface area contributed by atoms with Crippen LogP contribution in [0.15, 0.2) is 30.5 Å². The van der Waals surface area contributed by atoms with Crippen LogP contribution in [0.25, 0.3) is 0 Å². The van der Waals surface area contributed by atoms with E-state index in [4.69, 9.17) is 11.6 Å². The minimum atomic E-state index is 0.174. The Kier molecular flexibility index (Phi) is 3.54. The first-order valence-corrected chi connectivity index (χ1v) is 5.41. The van der Waals surface area contributed by atoms with Gasteiger partial charge in [-0.3, -0.25) is 4.98 Å². The molecule has 0 aliphatic rings. The molecule has 0 radical (unpaired) electrons. The second kappa shape index (κ2) is 5.28. The normalized spacial score (nSPS) is 10.1. The lowest BCUT2D eigenvalue weighted by atomic mass is 10.3. The van der Waals surface area contributed by atoms with Crippen LogP contribution >= 0.6 is 0 Å². The van der Waals surface area contributed by atoms with E-state index < -0.39 is 0 Å². The molecule has 2 heterocycles. The second-order valence-electron chi connectivity index (χ2n) is 3.79. The van der Waals surface area contributed by atoms with Gasteiger partial charge in [-0.25, -0.2) is 5.84 Å². The quantitative estimate of drug-likeness (QED) is 0.528. The minimum absolute atomic E-state index is 0.174. The average Bonchev–Trinajstić information content (AvgIpc) is 2.39. The summed E-state index contributed by atoms with van der Waals surface area (Å²) in [4.78, 5) is 14.2. The molecule has 0 saturated carbocycles. The Morgan fingerprint density at radius 2 is 2.17 bits per heavy atom. The van der Waals surface area contributed by atoms with Crippen molar-refractivity contribution in [2.45, 2.75) is 6.54 Å². The number of pyridine rings is 1. The third-order valence-electron chi connectivity index (χ3n) is 2.39. The molecule has 0 aromatic carbocycles. The van der Waals surface area contributed by atoms with E-state index >= 15 is 0 Å². The van der Waals surface area contributed by atoms with E-state index in [0.29, 0.717) is 18.2 Å². The van der Waals surface area contributed by atoms with Gasteiger partial charge in [0.15, 0.2) is 0 Å². The molecule has 0 fully saturated rings. The number of nitrogens with zero attached hydrogens (tertiary/aromatic N) is 4. The first-order chi connectivity index (χ1) is 8.69. The van der Waals surface area contributed by atoms with Crippen molar-refractivity contribution >= 4 is 17.6 Å². The number of rotatable bonds is 4. The van der Waals surface area contributed by atoms with Gasteiger partial charge >= 0.3 is 0 Å². The number of hydrogen-bond donors (Lipinski definition) is 3.